The summed E-state index contributed by atoms with van der Waals surface area (Å²) in [6.45, 7) is 0. The molecule has 2 heteroatoms. The number of nitrogens with zero attached hydrogens (tertiary/aromatic N) is 2. The first kappa shape index (κ1) is 37.3. The maximum atomic E-state index is 2.45. The van der Waals surface area contributed by atoms with Gasteiger partial charge in [-0.15, -0.1) is 0 Å². The molecule has 64 heavy (non-hydrogen) atoms. The Balaban J connectivity index is 1.01. The fourth-order valence-corrected chi connectivity index (χ4v) is 9.72. The van der Waals surface area contributed by atoms with Crippen LogP contribution in [0.1, 0.15) is 0 Å². The van der Waals surface area contributed by atoms with E-state index in [0.29, 0.717) is 0 Å². The van der Waals surface area contributed by atoms with Crippen LogP contribution < -0.4 is 4.90 Å². The van der Waals surface area contributed by atoms with Crippen molar-refractivity contribution in [1.82, 2.24) is 4.57 Å². The van der Waals surface area contributed by atoms with Crippen LogP contribution >= 0.6 is 0 Å². The topological polar surface area (TPSA) is 8.17 Å². The van der Waals surface area contributed by atoms with Gasteiger partial charge in [-0.25, -0.2) is 0 Å². The molecular formula is C62H42N2. The zero-order valence-electron chi connectivity index (χ0n) is 35.1. The van der Waals surface area contributed by atoms with Crippen LogP contribution in [0.5, 0.6) is 0 Å². The average Bonchev–Trinajstić information content (AvgIpc) is 3.69. The molecule has 0 aliphatic heterocycles. The zero-order valence-corrected chi connectivity index (χ0v) is 35.1. The SMILES string of the molecule is c1ccc(-c2ccc(N(c3ccc(-c4ccccc4-n4c5ccccc5c5cc6ccccc6cc54)cc3)c3ccc(-c4cccc5ccccc45)c(-c4ccccc4)c3)cc2)cc1. The predicted molar refractivity (Wildman–Crippen MR) is 272 cm³/mol. The van der Waals surface area contributed by atoms with Crippen molar-refractivity contribution in [2.24, 2.45) is 0 Å². The van der Waals surface area contributed by atoms with Gasteiger partial charge in [-0.05, 0) is 121 Å². The number of anilines is 3. The molecule has 0 aliphatic carbocycles. The van der Waals surface area contributed by atoms with Gasteiger partial charge in [0.1, 0.15) is 0 Å². The lowest BCUT2D eigenvalue weighted by molar-refractivity contribution is 1.18. The minimum absolute atomic E-state index is 1.08. The van der Waals surface area contributed by atoms with Crippen LogP contribution in [0.3, 0.4) is 0 Å². The van der Waals surface area contributed by atoms with Crippen LogP contribution in [0, 0.1) is 0 Å². The first-order valence-corrected chi connectivity index (χ1v) is 22.0. The maximum Gasteiger partial charge on any atom is 0.0547 e. The normalized spacial score (nSPS) is 11.4. The summed E-state index contributed by atoms with van der Waals surface area (Å²) in [4.78, 5) is 2.39. The van der Waals surface area contributed by atoms with E-state index >= 15 is 0 Å². The van der Waals surface area contributed by atoms with Gasteiger partial charge in [0.05, 0.1) is 16.7 Å². The number of benzene rings is 11. The van der Waals surface area contributed by atoms with Crippen molar-refractivity contribution in [3.05, 3.63) is 255 Å². The van der Waals surface area contributed by atoms with Crippen molar-refractivity contribution in [2.75, 3.05) is 4.90 Å². The molecule has 0 unspecified atom stereocenters. The molecule has 0 amide bonds. The van der Waals surface area contributed by atoms with E-state index in [0.717, 1.165) is 28.3 Å². The quantitative estimate of drug-likeness (QED) is 0.148. The molecule has 0 radical (unpaired) electrons. The van der Waals surface area contributed by atoms with Crippen molar-refractivity contribution < 1.29 is 0 Å². The molecule has 1 heterocycles. The van der Waals surface area contributed by atoms with Crippen molar-refractivity contribution in [1.29, 1.82) is 0 Å². The summed E-state index contributed by atoms with van der Waals surface area (Å²) in [5, 5.41) is 7.47. The Kier molecular flexibility index (Phi) is 9.20. The first-order chi connectivity index (χ1) is 31.7. The Bertz CT molecular complexity index is 3640. The highest BCUT2D eigenvalue weighted by molar-refractivity contribution is 6.14. The largest absolute Gasteiger partial charge is 0.310 e. The molecular weight excluding hydrogens is 773 g/mol. The highest BCUT2D eigenvalue weighted by atomic mass is 15.1. The summed E-state index contributed by atoms with van der Waals surface area (Å²) in [6, 6.07) is 92.7. The van der Waals surface area contributed by atoms with E-state index in [2.05, 4.69) is 264 Å². The highest BCUT2D eigenvalue weighted by Crippen LogP contribution is 2.44. The van der Waals surface area contributed by atoms with Crippen LogP contribution in [-0.4, -0.2) is 4.57 Å². The summed E-state index contributed by atoms with van der Waals surface area (Å²) in [6.07, 6.45) is 0. The standard InChI is InChI=1S/C62H42N2/c1-3-16-43(17-4-1)44-30-34-50(35-31-44)63(52-38-39-56(58(42-52)46-18-5-2-6-19-46)55-27-15-23-45-20-9-10-24-53(45)55)51-36-32-47(33-37-51)54-25-11-13-28-60(54)64-61-29-14-12-26-57(61)59-40-48-21-7-8-22-49(48)41-62(59)64/h1-42H. The second-order valence-electron chi connectivity index (χ2n) is 16.5. The van der Waals surface area contributed by atoms with Gasteiger partial charge in [0.2, 0.25) is 0 Å². The summed E-state index contributed by atoms with van der Waals surface area (Å²) in [5.74, 6) is 0. The van der Waals surface area contributed by atoms with Crippen molar-refractivity contribution in [3.8, 4) is 50.2 Å². The lowest BCUT2D eigenvalue weighted by atomic mass is 9.90. The Labute approximate surface area is 373 Å². The van der Waals surface area contributed by atoms with Crippen molar-refractivity contribution in [3.63, 3.8) is 0 Å². The van der Waals surface area contributed by atoms with E-state index in [9.17, 15) is 0 Å². The fraction of sp³-hybridized carbons (Fsp3) is 0. The van der Waals surface area contributed by atoms with Gasteiger partial charge in [0, 0.05) is 33.4 Å². The Hall–Kier alpha value is -8.46. The first-order valence-electron chi connectivity index (χ1n) is 22.0. The van der Waals surface area contributed by atoms with E-state index in [1.807, 2.05) is 0 Å². The lowest BCUT2D eigenvalue weighted by Gasteiger charge is -2.27. The molecule has 300 valence electrons. The molecule has 0 bridgehead atoms. The molecule has 0 saturated heterocycles. The third-order valence-electron chi connectivity index (χ3n) is 12.8. The summed E-state index contributed by atoms with van der Waals surface area (Å²) >= 11 is 0. The summed E-state index contributed by atoms with van der Waals surface area (Å²) < 4.78 is 2.45. The molecule has 12 rings (SSSR count). The number of fused-ring (bicyclic) bond motifs is 5. The van der Waals surface area contributed by atoms with Gasteiger partial charge in [0.25, 0.3) is 0 Å². The van der Waals surface area contributed by atoms with Crippen LogP contribution in [-0.2, 0) is 0 Å². The molecule has 0 N–H and O–H groups in total. The number of rotatable bonds is 8. The van der Waals surface area contributed by atoms with Gasteiger partial charge >= 0.3 is 0 Å². The Morgan fingerprint density at radius 1 is 0.250 bits per heavy atom. The van der Waals surface area contributed by atoms with E-state index in [4.69, 9.17) is 0 Å². The number of hydrogen-bond acceptors (Lipinski definition) is 1. The summed E-state index contributed by atoms with van der Waals surface area (Å²) in [7, 11) is 0. The number of hydrogen-bond donors (Lipinski definition) is 0. The average molecular weight is 815 g/mol. The van der Waals surface area contributed by atoms with Crippen molar-refractivity contribution >= 4 is 60.4 Å². The van der Waals surface area contributed by atoms with E-state index in [-0.39, 0.29) is 0 Å². The van der Waals surface area contributed by atoms with Gasteiger partial charge < -0.3 is 9.47 Å². The fourth-order valence-electron chi connectivity index (χ4n) is 9.72. The Morgan fingerprint density at radius 3 is 1.52 bits per heavy atom. The van der Waals surface area contributed by atoms with Crippen LogP contribution in [0.4, 0.5) is 17.1 Å². The third-order valence-corrected chi connectivity index (χ3v) is 12.8. The second kappa shape index (κ2) is 15.8. The molecule has 1 aromatic heterocycles. The smallest absolute Gasteiger partial charge is 0.0547 e. The van der Waals surface area contributed by atoms with Crippen LogP contribution in [0.25, 0.3) is 93.5 Å². The minimum Gasteiger partial charge on any atom is -0.310 e. The zero-order chi connectivity index (χ0) is 42.4. The predicted octanol–water partition coefficient (Wildman–Crippen LogP) is 17.2. The van der Waals surface area contributed by atoms with Gasteiger partial charge in [-0.3, -0.25) is 0 Å². The molecule has 0 atom stereocenters. The Morgan fingerprint density at radius 2 is 0.766 bits per heavy atom. The molecule has 0 spiro atoms. The third kappa shape index (κ3) is 6.52. The van der Waals surface area contributed by atoms with Gasteiger partial charge in [-0.1, -0.05) is 194 Å². The van der Waals surface area contributed by atoms with Crippen LogP contribution in [0.15, 0.2) is 255 Å². The van der Waals surface area contributed by atoms with E-state index in [1.54, 1.807) is 0 Å². The molecule has 0 aliphatic rings. The summed E-state index contributed by atoms with van der Waals surface area (Å²) in [5.41, 5.74) is 16.3. The highest BCUT2D eigenvalue weighted by Gasteiger charge is 2.20. The molecule has 11 aromatic carbocycles. The molecule has 0 fully saturated rings. The maximum absolute atomic E-state index is 2.45. The number of para-hydroxylation sites is 2. The monoisotopic (exact) mass is 814 g/mol. The molecule has 12 aromatic rings. The number of aromatic nitrogens is 1. The molecule has 2 nitrogen and oxygen atoms in total. The van der Waals surface area contributed by atoms with E-state index < -0.39 is 0 Å². The van der Waals surface area contributed by atoms with Crippen LogP contribution in [0.2, 0.25) is 0 Å². The van der Waals surface area contributed by atoms with E-state index in [1.165, 1.54) is 82.3 Å². The molecule has 0 saturated carbocycles. The van der Waals surface area contributed by atoms with Gasteiger partial charge in [-0.2, -0.15) is 0 Å². The van der Waals surface area contributed by atoms with Crippen molar-refractivity contribution in [2.45, 2.75) is 0 Å². The minimum atomic E-state index is 1.08. The second-order valence-corrected chi connectivity index (χ2v) is 16.5. The van der Waals surface area contributed by atoms with Gasteiger partial charge in [0.15, 0.2) is 0 Å². The lowest BCUT2D eigenvalue weighted by Crippen LogP contribution is -2.10.